The van der Waals surface area contributed by atoms with Gasteiger partial charge in [-0.15, -0.1) is 0 Å². The second-order valence-corrected chi connectivity index (χ2v) is 18.8. The second kappa shape index (κ2) is 26.4. The molecule has 77 heavy (non-hydrogen) atoms. The Morgan fingerprint density at radius 2 is 0.961 bits per heavy atom. The Morgan fingerprint density at radius 3 is 1.45 bits per heavy atom. The van der Waals surface area contributed by atoms with Crippen LogP contribution in [-0.2, 0) is 67.2 Å². The van der Waals surface area contributed by atoms with Crippen LogP contribution in [0.1, 0.15) is 63.1 Å². The van der Waals surface area contributed by atoms with Crippen LogP contribution in [0.25, 0.3) is 32.7 Å². The van der Waals surface area contributed by atoms with Crippen LogP contribution in [0.2, 0.25) is 0 Å². The predicted molar refractivity (Wildman–Crippen MR) is 280 cm³/mol. The summed E-state index contributed by atoms with van der Waals surface area (Å²) in [7, 11) is 0. The Kier molecular flexibility index (Phi) is 19.6. The molecule has 0 unspecified atom stereocenters. The molecule has 3 aromatic heterocycles. The number of carboxylic acids is 3. The van der Waals surface area contributed by atoms with E-state index in [0.29, 0.717) is 34.0 Å². The van der Waals surface area contributed by atoms with Gasteiger partial charge in [-0.3, -0.25) is 43.2 Å². The summed E-state index contributed by atoms with van der Waals surface area (Å²) in [5.41, 5.74) is 10.3. The minimum Gasteiger partial charge on any atom is -0.481 e. The number of aromatic nitrogens is 3. The third kappa shape index (κ3) is 15.5. The zero-order chi connectivity index (χ0) is 55.9. The molecular formula is C53H63N11O13. The van der Waals surface area contributed by atoms with E-state index in [1.54, 1.807) is 68.8 Å². The van der Waals surface area contributed by atoms with Crippen molar-refractivity contribution in [3.63, 3.8) is 0 Å². The highest BCUT2D eigenvalue weighted by Crippen LogP contribution is 2.22. The van der Waals surface area contributed by atoms with Gasteiger partial charge >= 0.3 is 17.9 Å². The summed E-state index contributed by atoms with van der Waals surface area (Å²) in [4.78, 5) is 141. The third-order valence-corrected chi connectivity index (χ3v) is 13.2. The molecule has 0 saturated heterocycles. The van der Waals surface area contributed by atoms with Crippen molar-refractivity contribution in [2.75, 3.05) is 6.54 Å². The molecule has 7 amide bonds. The van der Waals surface area contributed by atoms with Gasteiger partial charge < -0.3 is 73.2 Å². The average molecular weight is 1060 g/mol. The maximum atomic E-state index is 14.2. The number of amides is 7. The van der Waals surface area contributed by atoms with E-state index in [1.165, 1.54) is 6.92 Å². The number of aliphatic carboxylic acids is 3. The summed E-state index contributed by atoms with van der Waals surface area (Å²) in [6, 6.07) is 11.3. The molecule has 0 spiro atoms. The second-order valence-electron chi connectivity index (χ2n) is 18.8. The largest absolute Gasteiger partial charge is 0.481 e. The van der Waals surface area contributed by atoms with E-state index in [-0.39, 0.29) is 19.3 Å². The van der Waals surface area contributed by atoms with Crippen LogP contribution in [0.5, 0.6) is 0 Å². The number of nitrogens with two attached hydrogens (primary N) is 1. The van der Waals surface area contributed by atoms with Gasteiger partial charge in [0.25, 0.3) is 0 Å². The summed E-state index contributed by atoms with van der Waals surface area (Å²) in [6.07, 6.45) is 2.96. The fraction of sp³-hybridized carbons (Fsp3) is 0.358. The highest BCUT2D eigenvalue weighted by molar-refractivity contribution is 5.99. The van der Waals surface area contributed by atoms with E-state index in [0.717, 1.165) is 21.8 Å². The molecule has 3 heterocycles. The van der Waals surface area contributed by atoms with Gasteiger partial charge in [0.05, 0.1) is 19.0 Å². The van der Waals surface area contributed by atoms with E-state index < -0.39 is 133 Å². The monoisotopic (exact) mass is 1060 g/mol. The Morgan fingerprint density at radius 1 is 0.519 bits per heavy atom. The Hall–Kier alpha value is -9.06. The number of fused-ring (bicyclic) bond motifs is 3. The van der Waals surface area contributed by atoms with Gasteiger partial charge in [0.15, 0.2) is 0 Å². The Bertz CT molecular complexity index is 3150. The fourth-order valence-corrected chi connectivity index (χ4v) is 8.72. The lowest BCUT2D eigenvalue weighted by Gasteiger charge is -2.26. The molecule has 0 aliphatic carbocycles. The van der Waals surface area contributed by atoms with Crippen molar-refractivity contribution >= 4 is 92.0 Å². The zero-order valence-electron chi connectivity index (χ0n) is 42.4. The maximum absolute atomic E-state index is 14.2. The molecule has 15 N–H and O–H groups in total. The molecule has 0 saturated carbocycles. The average Bonchev–Trinajstić information content (AvgIpc) is 4.14. The smallest absolute Gasteiger partial charge is 0.326 e. The molecule has 0 aliphatic rings. The van der Waals surface area contributed by atoms with Gasteiger partial charge in [0.1, 0.15) is 36.3 Å². The molecule has 24 heteroatoms. The normalized spacial score (nSPS) is 14.4. The highest BCUT2D eigenvalue weighted by atomic mass is 16.4. The van der Waals surface area contributed by atoms with Gasteiger partial charge in [-0.05, 0) is 60.6 Å². The number of carbonyl (C=O) groups excluding carboxylic acids is 7. The molecule has 3 aromatic carbocycles. The van der Waals surface area contributed by atoms with Gasteiger partial charge in [-0.25, -0.2) is 4.79 Å². The molecule has 6 rings (SSSR count). The van der Waals surface area contributed by atoms with E-state index in [1.807, 2.05) is 36.4 Å². The molecule has 0 bridgehead atoms. The first-order valence-corrected chi connectivity index (χ1v) is 24.9. The molecule has 408 valence electrons. The van der Waals surface area contributed by atoms with E-state index in [2.05, 4.69) is 52.2 Å². The number of aromatic amines is 3. The van der Waals surface area contributed by atoms with Gasteiger partial charge in [-0.1, -0.05) is 74.9 Å². The van der Waals surface area contributed by atoms with Gasteiger partial charge in [0.2, 0.25) is 41.4 Å². The number of carbonyl (C=O) groups is 10. The van der Waals surface area contributed by atoms with Crippen molar-refractivity contribution in [1.82, 2.24) is 52.2 Å². The van der Waals surface area contributed by atoms with Crippen LogP contribution in [0.3, 0.4) is 0 Å². The van der Waals surface area contributed by atoms with E-state index >= 15 is 0 Å². The molecule has 0 fully saturated rings. The first-order chi connectivity index (χ1) is 36.7. The fourth-order valence-electron chi connectivity index (χ4n) is 8.72. The minimum atomic E-state index is -1.89. The first-order valence-electron chi connectivity index (χ1n) is 24.9. The van der Waals surface area contributed by atoms with Crippen LogP contribution in [0.15, 0.2) is 91.4 Å². The lowest BCUT2D eigenvalue weighted by Crippen LogP contribution is -2.59. The minimum absolute atomic E-state index is 0.0207. The summed E-state index contributed by atoms with van der Waals surface area (Å²) in [5, 5.41) is 48.7. The van der Waals surface area contributed by atoms with E-state index in [4.69, 9.17) is 5.73 Å². The third-order valence-electron chi connectivity index (χ3n) is 13.2. The topological polar surface area (TPSA) is 389 Å². The van der Waals surface area contributed by atoms with Crippen molar-refractivity contribution in [3.05, 3.63) is 108 Å². The van der Waals surface area contributed by atoms with Crippen LogP contribution in [-0.4, -0.2) is 138 Å². The quantitative estimate of drug-likeness (QED) is 0.0326. The first kappa shape index (κ1) is 57.2. The zero-order valence-corrected chi connectivity index (χ0v) is 42.4. The van der Waals surface area contributed by atoms with Crippen molar-refractivity contribution in [3.8, 4) is 0 Å². The van der Waals surface area contributed by atoms with Crippen LogP contribution in [0, 0.1) is 5.92 Å². The van der Waals surface area contributed by atoms with E-state index in [9.17, 15) is 63.3 Å². The van der Waals surface area contributed by atoms with Crippen LogP contribution < -0.4 is 43.0 Å². The summed E-state index contributed by atoms with van der Waals surface area (Å²) in [5.74, 6) is -11.1. The Labute approximate surface area is 440 Å². The lowest BCUT2D eigenvalue weighted by molar-refractivity contribution is -0.144. The molecule has 8 atom stereocenters. The summed E-state index contributed by atoms with van der Waals surface area (Å²) >= 11 is 0. The number of H-pyrrole nitrogens is 3. The number of nitrogens with one attached hydrogen (secondary N) is 10. The standard InChI is InChI=1S/C53H63N11O13/c1-4-27(2)46(53(76)77)64-52(75)40(20-30-24-56-37-15-9-6-12-33(30)37)60-43(65)26-58-47(70)28(3)59-50(73)41(21-31-25-57-38-16-10-7-13-34(31)38)62-51(74)42(22-45(68)69)63-49(72)39(17-18-44(66)67)61-48(71)35(54)19-29-23-55-36-14-8-5-11-32(29)36/h5-16,23-25,27-28,35,39-42,46,55-57H,4,17-22,26,54H2,1-3H3,(H,58,70)(H,59,73)(H,60,65)(H,61,71)(H,62,74)(H,63,72)(H,64,75)(H,66,67)(H,68,69)(H,76,77)/t27-,28-,35-,39-,40-,41-,42-,46-/m0/s1. The van der Waals surface area contributed by atoms with Crippen molar-refractivity contribution in [1.29, 1.82) is 0 Å². The summed E-state index contributed by atoms with van der Waals surface area (Å²) < 4.78 is 0. The van der Waals surface area contributed by atoms with Crippen molar-refractivity contribution in [2.24, 2.45) is 11.7 Å². The molecule has 24 nitrogen and oxygen atoms in total. The number of para-hydroxylation sites is 3. The lowest BCUT2D eigenvalue weighted by atomic mass is 9.98. The van der Waals surface area contributed by atoms with Crippen LogP contribution in [0.4, 0.5) is 0 Å². The number of hydrogen-bond acceptors (Lipinski definition) is 11. The highest BCUT2D eigenvalue weighted by Gasteiger charge is 2.34. The number of rotatable bonds is 28. The maximum Gasteiger partial charge on any atom is 0.326 e. The molecular weight excluding hydrogens is 999 g/mol. The summed E-state index contributed by atoms with van der Waals surface area (Å²) in [6.45, 7) is 4.03. The van der Waals surface area contributed by atoms with Crippen molar-refractivity contribution in [2.45, 2.75) is 108 Å². The molecule has 0 aliphatic heterocycles. The van der Waals surface area contributed by atoms with Gasteiger partial charge in [-0.2, -0.15) is 0 Å². The van der Waals surface area contributed by atoms with Gasteiger partial charge in [0, 0.05) is 70.6 Å². The number of carboxylic acid groups (broad SMARTS) is 3. The number of benzene rings is 3. The van der Waals surface area contributed by atoms with Crippen LogP contribution >= 0.6 is 0 Å². The Balaban J connectivity index is 1.14. The molecule has 0 radical (unpaired) electrons. The number of hydrogen-bond donors (Lipinski definition) is 14. The SMILES string of the molecule is CC[C@H](C)[C@H](NC(=O)[C@H](Cc1c[nH]c2ccccc12)NC(=O)CNC(=O)[C@H](C)NC(=O)[C@H](Cc1c[nH]c2ccccc12)NC(=O)[C@H](CC(=O)O)NC(=O)[C@H](CCC(=O)O)NC(=O)[C@@H](N)Cc1c[nH]c2ccccc12)C(=O)O. The molecule has 6 aromatic rings. The van der Waals surface area contributed by atoms with Crippen molar-refractivity contribution < 1.29 is 63.3 Å². The predicted octanol–water partition coefficient (Wildman–Crippen LogP) is 1.00.